The van der Waals surface area contributed by atoms with Gasteiger partial charge in [-0.05, 0) is 30.7 Å². The Morgan fingerprint density at radius 1 is 1.50 bits per heavy atom. The molecular weight excluding hydrogens is 204 g/mol. The van der Waals surface area contributed by atoms with E-state index in [0.717, 1.165) is 0 Å². The van der Waals surface area contributed by atoms with Crippen molar-refractivity contribution in [3.63, 3.8) is 0 Å². The lowest BCUT2D eigenvalue weighted by Gasteiger charge is -2.03. The van der Waals surface area contributed by atoms with E-state index in [1.165, 1.54) is 25.3 Å². The molecule has 14 heavy (non-hydrogen) atoms. The van der Waals surface area contributed by atoms with Crippen LogP contribution in [0, 0.1) is 6.92 Å². The number of ether oxygens (including phenoxy) is 1. The van der Waals surface area contributed by atoms with Crippen molar-refractivity contribution in [2.45, 2.75) is 11.8 Å². The fraction of sp³-hybridized carbons (Fsp3) is 0.222. The summed E-state index contributed by atoms with van der Waals surface area (Å²) in [4.78, 5) is 11.4. The summed E-state index contributed by atoms with van der Waals surface area (Å²) in [6.45, 7) is 1.66. The lowest BCUT2D eigenvalue weighted by molar-refractivity contribution is 0.0600. The van der Waals surface area contributed by atoms with Crippen LogP contribution in [-0.2, 0) is 15.8 Å². The van der Waals surface area contributed by atoms with Gasteiger partial charge in [-0.25, -0.2) is 9.00 Å². The molecule has 0 radical (unpaired) electrons. The predicted octanol–water partition coefficient (Wildman–Crippen LogP) is 1.36. The van der Waals surface area contributed by atoms with E-state index < -0.39 is 17.0 Å². The molecule has 1 aromatic carbocycles. The van der Waals surface area contributed by atoms with E-state index in [-0.39, 0.29) is 0 Å². The maximum atomic E-state index is 11.1. The van der Waals surface area contributed by atoms with E-state index in [4.69, 9.17) is 4.55 Å². The molecule has 1 unspecified atom stereocenters. The summed E-state index contributed by atoms with van der Waals surface area (Å²) in [5.41, 5.74) is 0.966. The lowest BCUT2D eigenvalue weighted by atomic mass is 10.1. The van der Waals surface area contributed by atoms with Crippen LogP contribution in [0.3, 0.4) is 0 Å². The predicted molar refractivity (Wildman–Crippen MR) is 51.6 cm³/mol. The van der Waals surface area contributed by atoms with Crippen LogP contribution in [0.4, 0.5) is 0 Å². The third-order valence-corrected chi connectivity index (χ3v) is 2.62. The van der Waals surface area contributed by atoms with Crippen LogP contribution in [0.15, 0.2) is 23.1 Å². The molecule has 0 aliphatic heterocycles. The van der Waals surface area contributed by atoms with Gasteiger partial charge in [0.1, 0.15) is 0 Å². The van der Waals surface area contributed by atoms with Crippen LogP contribution >= 0.6 is 0 Å². The highest BCUT2D eigenvalue weighted by atomic mass is 32.2. The molecule has 76 valence electrons. The Kier molecular flexibility index (Phi) is 3.38. The van der Waals surface area contributed by atoms with Crippen LogP contribution in [0.1, 0.15) is 15.9 Å². The van der Waals surface area contributed by atoms with Gasteiger partial charge in [-0.3, -0.25) is 0 Å². The lowest BCUT2D eigenvalue weighted by Crippen LogP contribution is -2.02. The van der Waals surface area contributed by atoms with Gasteiger partial charge in [0.15, 0.2) is 11.1 Å². The summed E-state index contributed by atoms with van der Waals surface area (Å²) in [6, 6.07) is 4.43. The quantitative estimate of drug-likeness (QED) is 0.596. The third kappa shape index (κ3) is 2.18. The maximum absolute atomic E-state index is 11.1. The summed E-state index contributed by atoms with van der Waals surface area (Å²) in [5, 5.41) is 0. The number of hydrogen-bond acceptors (Lipinski definition) is 3. The Morgan fingerprint density at radius 3 is 2.57 bits per heavy atom. The zero-order valence-corrected chi connectivity index (χ0v) is 8.63. The number of esters is 1. The normalized spacial score (nSPS) is 12.2. The SMILES string of the molecule is COC(=O)c1ccc(S(=O)O)c(C)c1. The Balaban J connectivity index is 3.12. The van der Waals surface area contributed by atoms with E-state index >= 15 is 0 Å². The molecule has 1 atom stereocenters. The Hall–Kier alpha value is -1.20. The third-order valence-electron chi connectivity index (χ3n) is 1.78. The van der Waals surface area contributed by atoms with Gasteiger partial charge in [0.25, 0.3) is 0 Å². The first-order chi connectivity index (χ1) is 6.56. The molecule has 1 N–H and O–H groups in total. The highest BCUT2D eigenvalue weighted by molar-refractivity contribution is 7.79. The second kappa shape index (κ2) is 4.34. The summed E-state index contributed by atoms with van der Waals surface area (Å²) in [7, 11) is 1.29. The molecule has 0 saturated carbocycles. The van der Waals surface area contributed by atoms with E-state index in [0.29, 0.717) is 16.0 Å². The molecular formula is C9H10O4S. The Bertz CT molecular complexity index is 386. The van der Waals surface area contributed by atoms with Crippen LogP contribution in [-0.4, -0.2) is 21.8 Å². The van der Waals surface area contributed by atoms with Crippen molar-refractivity contribution in [1.82, 2.24) is 0 Å². The van der Waals surface area contributed by atoms with Crippen molar-refractivity contribution >= 4 is 17.0 Å². The van der Waals surface area contributed by atoms with Gasteiger partial charge in [0.05, 0.1) is 17.6 Å². The van der Waals surface area contributed by atoms with E-state index in [1.54, 1.807) is 6.92 Å². The summed E-state index contributed by atoms with van der Waals surface area (Å²) in [5.74, 6) is -0.455. The van der Waals surface area contributed by atoms with Gasteiger partial charge in [0.2, 0.25) is 0 Å². The molecule has 0 aliphatic rings. The molecule has 0 aromatic heterocycles. The van der Waals surface area contributed by atoms with Crippen molar-refractivity contribution in [2.75, 3.05) is 7.11 Å². The smallest absolute Gasteiger partial charge is 0.337 e. The Morgan fingerprint density at radius 2 is 2.14 bits per heavy atom. The van der Waals surface area contributed by atoms with Crippen molar-refractivity contribution in [3.05, 3.63) is 29.3 Å². The maximum Gasteiger partial charge on any atom is 0.337 e. The average Bonchev–Trinajstić information content (AvgIpc) is 2.15. The summed E-state index contributed by atoms with van der Waals surface area (Å²) >= 11 is -2.02. The van der Waals surface area contributed by atoms with Gasteiger partial charge in [-0.15, -0.1) is 0 Å². The number of benzene rings is 1. The minimum atomic E-state index is -2.02. The molecule has 0 fully saturated rings. The van der Waals surface area contributed by atoms with E-state index in [1.807, 2.05) is 0 Å². The second-order valence-electron chi connectivity index (χ2n) is 2.72. The second-order valence-corrected chi connectivity index (χ2v) is 3.66. The van der Waals surface area contributed by atoms with Gasteiger partial charge >= 0.3 is 5.97 Å². The zero-order valence-electron chi connectivity index (χ0n) is 7.81. The first-order valence-corrected chi connectivity index (χ1v) is 4.96. The van der Waals surface area contributed by atoms with Gasteiger partial charge in [-0.1, -0.05) is 0 Å². The highest BCUT2D eigenvalue weighted by Gasteiger charge is 2.09. The Labute approximate surface area is 84.2 Å². The van der Waals surface area contributed by atoms with Crippen molar-refractivity contribution < 1.29 is 18.3 Å². The number of methoxy groups -OCH3 is 1. The first kappa shape index (κ1) is 10.9. The van der Waals surface area contributed by atoms with Crippen LogP contribution in [0.2, 0.25) is 0 Å². The summed E-state index contributed by atoms with van der Waals surface area (Å²) < 4.78 is 24.1. The molecule has 1 rings (SSSR count). The van der Waals surface area contributed by atoms with Gasteiger partial charge in [0, 0.05) is 0 Å². The minimum Gasteiger partial charge on any atom is -0.465 e. The first-order valence-electron chi connectivity index (χ1n) is 3.86. The molecule has 0 aliphatic carbocycles. The van der Waals surface area contributed by atoms with Crippen LogP contribution < -0.4 is 0 Å². The zero-order chi connectivity index (χ0) is 10.7. The molecule has 1 aromatic rings. The topological polar surface area (TPSA) is 63.6 Å². The molecule has 0 amide bonds. The number of carbonyl (C=O) groups excluding carboxylic acids is 1. The fourth-order valence-corrected chi connectivity index (χ4v) is 1.61. The number of aryl methyl sites for hydroxylation is 1. The van der Waals surface area contributed by atoms with Crippen molar-refractivity contribution in [1.29, 1.82) is 0 Å². The molecule has 0 spiro atoms. The number of carbonyl (C=O) groups is 1. The monoisotopic (exact) mass is 214 g/mol. The van der Waals surface area contributed by atoms with Crippen molar-refractivity contribution in [2.24, 2.45) is 0 Å². The largest absolute Gasteiger partial charge is 0.465 e. The van der Waals surface area contributed by atoms with Gasteiger partial charge in [-0.2, -0.15) is 0 Å². The average molecular weight is 214 g/mol. The van der Waals surface area contributed by atoms with Crippen LogP contribution in [0.25, 0.3) is 0 Å². The fourth-order valence-electron chi connectivity index (χ4n) is 1.09. The van der Waals surface area contributed by atoms with Gasteiger partial charge < -0.3 is 9.29 Å². The molecule has 0 saturated heterocycles. The summed E-state index contributed by atoms with van der Waals surface area (Å²) in [6.07, 6.45) is 0. The highest BCUT2D eigenvalue weighted by Crippen LogP contribution is 2.14. The van der Waals surface area contributed by atoms with E-state index in [9.17, 15) is 9.00 Å². The molecule has 4 nitrogen and oxygen atoms in total. The molecule has 0 bridgehead atoms. The molecule has 0 heterocycles. The standard InChI is InChI=1S/C9H10O4S/c1-6-5-7(9(10)13-2)3-4-8(6)14(11)12/h3-5H,1-2H3,(H,11,12). The number of hydrogen-bond donors (Lipinski definition) is 1. The number of rotatable bonds is 2. The molecule has 5 heteroatoms. The van der Waals surface area contributed by atoms with Crippen molar-refractivity contribution in [3.8, 4) is 0 Å². The van der Waals surface area contributed by atoms with Crippen LogP contribution in [0.5, 0.6) is 0 Å². The minimum absolute atomic E-state index is 0.303. The van der Waals surface area contributed by atoms with E-state index in [2.05, 4.69) is 4.74 Å².